The molecule has 1 heterocycles. The summed E-state index contributed by atoms with van der Waals surface area (Å²) >= 11 is 0. The second-order valence-corrected chi connectivity index (χ2v) is 3.67. The van der Waals surface area contributed by atoms with E-state index < -0.39 is 4.92 Å². The van der Waals surface area contributed by atoms with E-state index in [9.17, 15) is 14.9 Å². The van der Waals surface area contributed by atoms with Crippen molar-refractivity contribution in [3.63, 3.8) is 0 Å². The maximum Gasteiger partial charge on any atom is 0.306 e. The van der Waals surface area contributed by atoms with Gasteiger partial charge < -0.3 is 10.0 Å². The molecule has 0 saturated carbocycles. The van der Waals surface area contributed by atoms with Gasteiger partial charge in [0.2, 0.25) is 5.91 Å². The maximum atomic E-state index is 11.7. The summed E-state index contributed by atoms with van der Waals surface area (Å²) in [7, 11) is 0. The Kier molecular flexibility index (Phi) is 5.25. The van der Waals surface area contributed by atoms with Crippen molar-refractivity contribution < 1.29 is 14.8 Å². The highest BCUT2D eigenvalue weighted by Crippen LogP contribution is 2.08. The Hall–Kier alpha value is -1.96. The lowest BCUT2D eigenvalue weighted by Gasteiger charge is -2.19. The molecule has 18 heavy (non-hydrogen) atoms. The van der Waals surface area contributed by atoms with Crippen molar-refractivity contribution in [2.45, 2.75) is 19.9 Å². The zero-order valence-electron chi connectivity index (χ0n) is 10.2. The number of amides is 1. The summed E-state index contributed by atoms with van der Waals surface area (Å²) in [5, 5.41) is 23.0. The lowest BCUT2D eigenvalue weighted by molar-refractivity contribution is -0.385. The molecule has 0 atom stereocenters. The van der Waals surface area contributed by atoms with Gasteiger partial charge in [-0.05, 0) is 6.92 Å². The number of hydrogen-bond donors (Lipinski definition) is 1. The SMILES string of the molecule is CCN(CCO)C(=O)CCn1cc([N+](=O)[O-])cn1. The Balaban J connectivity index is 2.48. The zero-order chi connectivity index (χ0) is 13.5. The fraction of sp³-hybridized carbons (Fsp3) is 0.600. The minimum atomic E-state index is -0.532. The van der Waals surface area contributed by atoms with E-state index in [0.29, 0.717) is 13.1 Å². The zero-order valence-corrected chi connectivity index (χ0v) is 10.2. The van der Waals surface area contributed by atoms with Crippen LogP contribution in [-0.4, -0.2) is 50.3 Å². The second-order valence-electron chi connectivity index (χ2n) is 3.67. The largest absolute Gasteiger partial charge is 0.395 e. The van der Waals surface area contributed by atoms with Crippen molar-refractivity contribution in [1.82, 2.24) is 14.7 Å². The summed E-state index contributed by atoms with van der Waals surface area (Å²) in [6.07, 6.45) is 2.64. The van der Waals surface area contributed by atoms with Crippen LogP contribution in [0.3, 0.4) is 0 Å². The number of rotatable bonds is 7. The van der Waals surface area contributed by atoms with E-state index in [1.165, 1.54) is 15.8 Å². The number of carbonyl (C=O) groups excluding carboxylic acids is 1. The molecule has 0 aliphatic heterocycles. The van der Waals surface area contributed by atoms with Crippen LogP contribution in [0.5, 0.6) is 0 Å². The highest BCUT2D eigenvalue weighted by Gasteiger charge is 2.13. The number of aliphatic hydroxyl groups excluding tert-OH is 1. The van der Waals surface area contributed by atoms with Crippen molar-refractivity contribution in [3.8, 4) is 0 Å². The first-order valence-electron chi connectivity index (χ1n) is 5.64. The number of aryl methyl sites for hydroxylation is 1. The summed E-state index contributed by atoms with van der Waals surface area (Å²) in [6.45, 7) is 2.86. The monoisotopic (exact) mass is 256 g/mol. The molecule has 100 valence electrons. The lowest BCUT2D eigenvalue weighted by atomic mass is 10.3. The van der Waals surface area contributed by atoms with Gasteiger partial charge in [-0.3, -0.25) is 19.6 Å². The van der Waals surface area contributed by atoms with Crippen LogP contribution in [0.4, 0.5) is 5.69 Å². The Bertz CT molecular complexity index is 418. The number of carbonyl (C=O) groups is 1. The summed E-state index contributed by atoms with van der Waals surface area (Å²) < 4.78 is 1.36. The molecule has 1 N–H and O–H groups in total. The number of aliphatic hydroxyl groups is 1. The third-order valence-electron chi connectivity index (χ3n) is 2.49. The van der Waals surface area contributed by atoms with E-state index in [1.807, 2.05) is 6.92 Å². The highest BCUT2D eigenvalue weighted by molar-refractivity contribution is 5.76. The molecule has 8 heteroatoms. The van der Waals surface area contributed by atoms with Gasteiger partial charge in [0, 0.05) is 26.1 Å². The molecule has 0 radical (unpaired) electrons. The molecular formula is C10H16N4O4. The molecule has 0 aliphatic carbocycles. The van der Waals surface area contributed by atoms with E-state index in [2.05, 4.69) is 5.10 Å². The predicted molar refractivity (Wildman–Crippen MR) is 62.8 cm³/mol. The van der Waals surface area contributed by atoms with Crippen LogP contribution in [0, 0.1) is 10.1 Å². The first-order chi connectivity index (χ1) is 8.58. The maximum absolute atomic E-state index is 11.7. The molecule has 8 nitrogen and oxygen atoms in total. The highest BCUT2D eigenvalue weighted by atomic mass is 16.6. The Morgan fingerprint density at radius 3 is 2.89 bits per heavy atom. The van der Waals surface area contributed by atoms with Gasteiger partial charge in [-0.25, -0.2) is 0 Å². The molecule has 1 aromatic heterocycles. The van der Waals surface area contributed by atoms with E-state index in [4.69, 9.17) is 5.11 Å². The van der Waals surface area contributed by atoms with Crippen LogP contribution in [0.1, 0.15) is 13.3 Å². The molecule has 1 aromatic rings. The Labute approximate surface area is 104 Å². The smallest absolute Gasteiger partial charge is 0.306 e. The van der Waals surface area contributed by atoms with Gasteiger partial charge in [0.05, 0.1) is 11.5 Å². The van der Waals surface area contributed by atoms with Crippen molar-refractivity contribution in [1.29, 1.82) is 0 Å². The van der Waals surface area contributed by atoms with Crippen LogP contribution in [0.25, 0.3) is 0 Å². The molecule has 0 bridgehead atoms. The Morgan fingerprint density at radius 1 is 1.67 bits per heavy atom. The van der Waals surface area contributed by atoms with Gasteiger partial charge in [0.1, 0.15) is 12.4 Å². The minimum absolute atomic E-state index is 0.0766. The van der Waals surface area contributed by atoms with E-state index in [-0.39, 0.29) is 31.2 Å². The van der Waals surface area contributed by atoms with Crippen LogP contribution in [0.2, 0.25) is 0 Å². The molecule has 1 rings (SSSR count). The first-order valence-corrected chi connectivity index (χ1v) is 5.64. The van der Waals surface area contributed by atoms with Gasteiger partial charge in [-0.1, -0.05) is 0 Å². The summed E-state index contributed by atoms with van der Waals surface area (Å²) in [4.78, 5) is 23.2. The average Bonchev–Trinajstić information content (AvgIpc) is 2.82. The number of nitrogens with zero attached hydrogens (tertiary/aromatic N) is 4. The minimum Gasteiger partial charge on any atom is -0.395 e. The first kappa shape index (κ1) is 14.1. The van der Waals surface area contributed by atoms with E-state index in [0.717, 1.165) is 6.20 Å². The fourth-order valence-corrected chi connectivity index (χ4v) is 1.52. The van der Waals surface area contributed by atoms with Gasteiger partial charge >= 0.3 is 5.69 Å². The van der Waals surface area contributed by atoms with Crippen LogP contribution in [-0.2, 0) is 11.3 Å². The molecule has 0 aliphatic rings. The van der Waals surface area contributed by atoms with Gasteiger partial charge in [-0.15, -0.1) is 0 Å². The second kappa shape index (κ2) is 6.70. The lowest BCUT2D eigenvalue weighted by Crippen LogP contribution is -2.33. The van der Waals surface area contributed by atoms with Crippen molar-refractivity contribution in [2.24, 2.45) is 0 Å². The third-order valence-corrected chi connectivity index (χ3v) is 2.49. The number of hydrogen-bond acceptors (Lipinski definition) is 5. The standard InChI is InChI=1S/C10H16N4O4/c1-2-12(5-6-15)10(16)3-4-13-8-9(7-11-13)14(17)18/h7-8,15H,2-6H2,1H3. The normalized spacial score (nSPS) is 10.3. The van der Waals surface area contributed by atoms with Crippen LogP contribution in [0.15, 0.2) is 12.4 Å². The molecule has 0 aromatic carbocycles. The Morgan fingerprint density at radius 2 is 2.39 bits per heavy atom. The average molecular weight is 256 g/mol. The van der Waals surface area contributed by atoms with Gasteiger partial charge in [0.15, 0.2) is 0 Å². The summed E-state index contributed by atoms with van der Waals surface area (Å²) in [5.74, 6) is -0.107. The summed E-state index contributed by atoms with van der Waals surface area (Å²) in [6, 6.07) is 0. The molecular weight excluding hydrogens is 240 g/mol. The fourth-order valence-electron chi connectivity index (χ4n) is 1.52. The number of likely N-dealkylation sites (N-methyl/N-ethyl adjacent to an activating group) is 1. The van der Waals surface area contributed by atoms with Crippen molar-refractivity contribution in [3.05, 3.63) is 22.5 Å². The van der Waals surface area contributed by atoms with Crippen molar-refractivity contribution in [2.75, 3.05) is 19.7 Å². The summed E-state index contributed by atoms with van der Waals surface area (Å²) in [5.41, 5.74) is -0.0924. The number of nitro groups is 1. The quantitative estimate of drug-likeness (QED) is 0.547. The van der Waals surface area contributed by atoms with E-state index >= 15 is 0 Å². The number of aromatic nitrogens is 2. The van der Waals surface area contributed by atoms with Gasteiger partial charge in [0.25, 0.3) is 0 Å². The molecule has 0 spiro atoms. The van der Waals surface area contributed by atoms with Gasteiger partial charge in [-0.2, -0.15) is 5.10 Å². The van der Waals surface area contributed by atoms with E-state index in [1.54, 1.807) is 0 Å². The van der Waals surface area contributed by atoms with Crippen LogP contribution < -0.4 is 0 Å². The molecule has 0 saturated heterocycles. The topological polar surface area (TPSA) is 102 Å². The van der Waals surface area contributed by atoms with Crippen molar-refractivity contribution >= 4 is 11.6 Å². The molecule has 0 fully saturated rings. The van der Waals surface area contributed by atoms with Crippen LogP contribution >= 0.6 is 0 Å². The molecule has 1 amide bonds. The molecule has 0 unspecified atom stereocenters. The third kappa shape index (κ3) is 3.81. The predicted octanol–water partition coefficient (Wildman–Crippen LogP) is 0.0222.